The molecular weight excluding hydrogens is 502 g/mol. The van der Waals surface area contributed by atoms with E-state index in [0.717, 1.165) is 22.8 Å². The van der Waals surface area contributed by atoms with Gasteiger partial charge >= 0.3 is 20.4 Å². The molecule has 2 aromatic carbocycles. The Bertz CT molecular complexity index is 822. The van der Waals surface area contributed by atoms with Crippen molar-refractivity contribution < 1.29 is 20.4 Å². The van der Waals surface area contributed by atoms with Gasteiger partial charge in [-0.2, -0.15) is 5.70 Å². The normalized spacial score (nSPS) is 11.2. The Morgan fingerprint density at radius 1 is 0.812 bits per heavy atom. The van der Waals surface area contributed by atoms with Gasteiger partial charge in [0.1, 0.15) is 0 Å². The van der Waals surface area contributed by atoms with Crippen molar-refractivity contribution in [3.05, 3.63) is 83.2 Å². The van der Waals surface area contributed by atoms with Crippen LogP contribution in [-0.4, -0.2) is 24.2 Å². The van der Waals surface area contributed by atoms with Crippen LogP contribution in [0.4, 0.5) is 11.4 Å². The van der Waals surface area contributed by atoms with Crippen molar-refractivity contribution >= 4 is 25.0 Å². The molecule has 32 heavy (non-hydrogen) atoms. The molecule has 0 aliphatic carbocycles. The number of aliphatic imine (C=N–C) groups is 1. The van der Waals surface area contributed by atoms with Crippen LogP contribution >= 0.6 is 7.92 Å². The van der Waals surface area contributed by atoms with E-state index >= 15 is 0 Å². The van der Waals surface area contributed by atoms with Gasteiger partial charge in [0.25, 0.3) is 0 Å². The molecule has 0 aromatic heterocycles. The quantitative estimate of drug-likeness (QED) is 0.143. The van der Waals surface area contributed by atoms with Crippen molar-refractivity contribution in [2.75, 3.05) is 18.5 Å². The number of rotatable bonds is 7. The maximum atomic E-state index is 4.76. The second-order valence-electron chi connectivity index (χ2n) is 7.94. The summed E-state index contributed by atoms with van der Waals surface area (Å²) in [4.78, 5) is 4.76. The Hall–Kier alpha value is -1.26. The molecule has 2 nitrogen and oxygen atoms in total. The van der Waals surface area contributed by atoms with Crippen LogP contribution in [0.1, 0.15) is 56.9 Å². The number of hydrogen-bond acceptors (Lipinski definition) is 1. The van der Waals surface area contributed by atoms with Crippen LogP contribution < -0.4 is 0 Å². The number of para-hydroxylation sites is 2. The van der Waals surface area contributed by atoms with Crippen molar-refractivity contribution in [1.82, 2.24) is 0 Å². The summed E-state index contributed by atoms with van der Waals surface area (Å²) in [6.07, 6.45) is 6.41. The monoisotopic (exact) mass is 545 g/mol. The van der Waals surface area contributed by atoms with Gasteiger partial charge in [-0.3, -0.25) is 4.99 Å². The fourth-order valence-corrected chi connectivity index (χ4v) is 4.93. The average Bonchev–Trinajstić information content (AvgIpc) is 2.70. The van der Waals surface area contributed by atoms with Gasteiger partial charge in [-0.05, 0) is 74.4 Å². The predicted molar refractivity (Wildman–Crippen MR) is 148 cm³/mol. The van der Waals surface area contributed by atoms with Crippen LogP contribution in [0.5, 0.6) is 0 Å². The van der Waals surface area contributed by atoms with E-state index in [2.05, 4.69) is 84.9 Å². The molecule has 0 atom stereocenters. The van der Waals surface area contributed by atoms with Gasteiger partial charge in [-0.25, -0.2) is 0 Å². The summed E-state index contributed by atoms with van der Waals surface area (Å²) in [7, 11) is 0.137. The number of allylic oxidation sites excluding steroid dienone is 2. The maximum Gasteiger partial charge on any atom is 2.00 e. The zero-order valence-electron chi connectivity index (χ0n) is 21.9. The van der Waals surface area contributed by atoms with E-state index in [1.165, 1.54) is 40.7 Å². The van der Waals surface area contributed by atoms with Gasteiger partial charge in [-0.1, -0.05) is 60.5 Å². The van der Waals surface area contributed by atoms with E-state index in [1.807, 2.05) is 19.9 Å². The second-order valence-corrected chi connectivity index (χ2v) is 11.6. The zero-order chi connectivity index (χ0) is 22.7. The summed E-state index contributed by atoms with van der Waals surface area (Å²) in [5, 5.41) is 4.76. The summed E-state index contributed by atoms with van der Waals surface area (Å²) >= 11 is 0. The van der Waals surface area contributed by atoms with Crippen molar-refractivity contribution in [3.8, 4) is 0 Å². The van der Waals surface area contributed by atoms with E-state index in [-0.39, 0.29) is 35.8 Å². The first-order chi connectivity index (χ1) is 14.2. The summed E-state index contributed by atoms with van der Waals surface area (Å²) in [6, 6.07) is 12.5. The van der Waals surface area contributed by atoms with Gasteiger partial charge in [0.05, 0.1) is 24.2 Å². The van der Waals surface area contributed by atoms with Gasteiger partial charge in [0.15, 0.2) is 0 Å². The third-order valence-electron chi connectivity index (χ3n) is 5.37. The van der Waals surface area contributed by atoms with E-state index in [0.29, 0.717) is 0 Å². The number of aryl methyl sites for hydroxylation is 4. The molecule has 0 N–H and O–H groups in total. The Morgan fingerprint density at radius 2 is 1.22 bits per heavy atom. The smallest absolute Gasteiger partial charge is 0.661 e. The van der Waals surface area contributed by atoms with Crippen LogP contribution in [0.25, 0.3) is 5.32 Å². The number of nitrogens with zero attached hydrogens (tertiary/aromatic N) is 2. The van der Waals surface area contributed by atoms with Gasteiger partial charge < -0.3 is 12.7 Å². The second kappa shape index (κ2) is 17.2. The first kappa shape index (κ1) is 32.9. The minimum Gasteiger partial charge on any atom is -0.661 e. The van der Waals surface area contributed by atoms with Crippen molar-refractivity contribution in [3.63, 3.8) is 0 Å². The molecule has 0 aliphatic rings. The molecule has 0 unspecified atom stereocenters. The number of hydrogen-bond donors (Lipinski definition) is 0. The van der Waals surface area contributed by atoms with E-state index in [9.17, 15) is 0 Å². The fraction of sp³-hybridized carbons (Fsp3) is 0.429. The molecule has 0 aliphatic heterocycles. The molecule has 4 heteroatoms. The third-order valence-corrected chi connectivity index (χ3v) is 8.37. The minimum atomic E-state index is 0. The van der Waals surface area contributed by atoms with Crippen LogP contribution in [0.15, 0.2) is 53.2 Å². The molecule has 0 amide bonds. The van der Waals surface area contributed by atoms with Gasteiger partial charge in [0.2, 0.25) is 0 Å². The van der Waals surface area contributed by atoms with Crippen LogP contribution in [0.2, 0.25) is 0 Å². The van der Waals surface area contributed by atoms with Crippen LogP contribution in [0.3, 0.4) is 0 Å². The van der Waals surface area contributed by atoms with Crippen molar-refractivity contribution in [2.45, 2.75) is 62.3 Å². The molecule has 0 saturated carbocycles. The Kier molecular flexibility index (Phi) is 17.7. The summed E-state index contributed by atoms with van der Waals surface area (Å²) < 4.78 is 0. The largest absolute Gasteiger partial charge is 2.00 e. The molecule has 0 radical (unpaired) electrons. The summed E-state index contributed by atoms with van der Waals surface area (Å²) in [6.45, 7) is 19.3. The molecule has 0 fully saturated rings. The molecule has 2 aromatic rings. The van der Waals surface area contributed by atoms with Crippen molar-refractivity contribution in [2.24, 2.45) is 4.99 Å². The summed E-state index contributed by atoms with van der Waals surface area (Å²) in [5.41, 5.74) is 8.83. The molecule has 0 saturated heterocycles. The molecule has 180 valence electrons. The SMILES string of the molecule is CC(/C=C(/C)[N-]c1c(C)cccc1C)=Nc1c(C)cccc1C.CC[PH+](CC)CC.[CH3-].[Pd+2]. The zero-order valence-corrected chi connectivity index (χ0v) is 24.4. The van der Waals surface area contributed by atoms with E-state index in [1.54, 1.807) is 0 Å². The third kappa shape index (κ3) is 11.1. The Morgan fingerprint density at radius 3 is 1.59 bits per heavy atom. The first-order valence-corrected chi connectivity index (χ1v) is 13.3. The molecule has 0 bridgehead atoms. The minimum absolute atomic E-state index is 0. The maximum absolute atomic E-state index is 4.76. The first-order valence-electron chi connectivity index (χ1n) is 11.1. The molecule has 2 rings (SSSR count). The Balaban J connectivity index is 0. The molecule has 0 heterocycles. The van der Waals surface area contributed by atoms with Gasteiger partial charge in [-0.15, -0.1) is 5.69 Å². The van der Waals surface area contributed by atoms with Crippen LogP contribution in [0, 0.1) is 35.1 Å². The topological polar surface area (TPSA) is 26.5 Å². The fourth-order valence-electron chi connectivity index (χ4n) is 3.43. The summed E-state index contributed by atoms with van der Waals surface area (Å²) in [5.74, 6) is 0. The van der Waals surface area contributed by atoms with Crippen molar-refractivity contribution in [1.29, 1.82) is 0 Å². The van der Waals surface area contributed by atoms with E-state index < -0.39 is 0 Å². The average molecular weight is 546 g/mol. The van der Waals surface area contributed by atoms with Gasteiger partial charge in [0, 0.05) is 5.71 Å². The van der Waals surface area contributed by atoms with E-state index in [4.69, 9.17) is 10.3 Å². The predicted octanol–water partition coefficient (Wildman–Crippen LogP) is 9.33. The number of benzene rings is 2. The molecule has 0 spiro atoms. The standard InChI is InChI=1S/C21H25N2.C6H15P.CH3.Pd/c1-14-9-7-10-15(2)20(14)22-18(5)13-19(6)23-21-16(3)11-8-12-17(21)4;1-4-7(5-2)6-3;;/h7-13H,1-6H3;4-6H2,1-3H3;1H3;/q-1;;-1;+2/p+1/b18-13-,23-19?;;;. The van der Waals surface area contributed by atoms with Crippen LogP contribution in [-0.2, 0) is 20.4 Å². The molecular formula is C28H44N2PPd+. The Labute approximate surface area is 213 Å².